The molecule has 0 unspecified atom stereocenters. The van der Waals surface area contributed by atoms with E-state index in [-0.39, 0.29) is 11.9 Å². The van der Waals surface area contributed by atoms with Crippen LogP contribution in [0.1, 0.15) is 47.1 Å². The number of nitrogens with zero attached hydrogens (tertiary/aromatic N) is 3. The topological polar surface area (TPSA) is 47.4 Å². The van der Waals surface area contributed by atoms with E-state index >= 15 is 0 Å². The SMILES string of the molecule is COc1ccc(CN(C)C(=O)c2cn(C(C)C)nc2C)cc1C. The first-order chi connectivity index (χ1) is 10.8. The second-order valence-electron chi connectivity index (χ2n) is 6.17. The fourth-order valence-corrected chi connectivity index (χ4v) is 2.55. The van der Waals surface area contributed by atoms with E-state index < -0.39 is 0 Å². The fourth-order valence-electron chi connectivity index (χ4n) is 2.55. The average Bonchev–Trinajstić information content (AvgIpc) is 2.89. The number of ether oxygens (including phenoxy) is 1. The Kier molecular flexibility index (Phi) is 5.08. The summed E-state index contributed by atoms with van der Waals surface area (Å²) < 4.78 is 7.10. The van der Waals surface area contributed by atoms with Crippen molar-refractivity contribution >= 4 is 5.91 Å². The van der Waals surface area contributed by atoms with Crippen LogP contribution in [0, 0.1) is 13.8 Å². The third-order valence-electron chi connectivity index (χ3n) is 3.90. The molecule has 1 heterocycles. The quantitative estimate of drug-likeness (QED) is 0.850. The molecule has 0 saturated heterocycles. The number of hydrogen-bond donors (Lipinski definition) is 0. The molecular formula is C18H25N3O2. The molecule has 2 rings (SSSR count). The highest BCUT2D eigenvalue weighted by Crippen LogP contribution is 2.20. The lowest BCUT2D eigenvalue weighted by molar-refractivity contribution is 0.0784. The Balaban J connectivity index is 2.15. The van der Waals surface area contributed by atoms with Crippen molar-refractivity contribution < 1.29 is 9.53 Å². The first-order valence-corrected chi connectivity index (χ1v) is 7.78. The Morgan fingerprint density at radius 2 is 2.04 bits per heavy atom. The Hall–Kier alpha value is -2.30. The van der Waals surface area contributed by atoms with Crippen LogP contribution in [0.4, 0.5) is 0 Å². The molecular weight excluding hydrogens is 290 g/mol. The standard InChI is InChI=1S/C18H25N3O2/c1-12(2)21-11-16(14(4)19-21)18(22)20(5)10-15-7-8-17(23-6)13(3)9-15/h7-9,11-12H,10H2,1-6H3. The van der Waals surface area contributed by atoms with E-state index in [0.29, 0.717) is 12.1 Å². The molecule has 0 radical (unpaired) electrons. The second kappa shape index (κ2) is 6.86. The third-order valence-corrected chi connectivity index (χ3v) is 3.90. The molecule has 0 N–H and O–H groups in total. The molecule has 0 atom stereocenters. The van der Waals surface area contributed by atoms with Crippen LogP contribution in [-0.2, 0) is 6.54 Å². The summed E-state index contributed by atoms with van der Waals surface area (Å²) >= 11 is 0. The minimum Gasteiger partial charge on any atom is -0.496 e. The number of aromatic nitrogens is 2. The first kappa shape index (κ1) is 17.1. The minimum absolute atomic E-state index is 0.0112. The predicted molar refractivity (Wildman–Crippen MR) is 90.9 cm³/mol. The Morgan fingerprint density at radius 3 is 2.57 bits per heavy atom. The first-order valence-electron chi connectivity index (χ1n) is 7.78. The van der Waals surface area contributed by atoms with Gasteiger partial charge in [0.15, 0.2) is 0 Å². The van der Waals surface area contributed by atoms with Crippen molar-refractivity contribution in [1.82, 2.24) is 14.7 Å². The van der Waals surface area contributed by atoms with E-state index in [0.717, 1.165) is 22.6 Å². The highest BCUT2D eigenvalue weighted by molar-refractivity contribution is 5.94. The molecule has 0 aliphatic rings. The van der Waals surface area contributed by atoms with Gasteiger partial charge in [0.2, 0.25) is 0 Å². The maximum atomic E-state index is 12.7. The van der Waals surface area contributed by atoms with Crippen LogP contribution in [0.5, 0.6) is 5.75 Å². The molecule has 5 nitrogen and oxygen atoms in total. The summed E-state index contributed by atoms with van der Waals surface area (Å²) in [6, 6.07) is 6.21. The van der Waals surface area contributed by atoms with Gasteiger partial charge in [0.05, 0.1) is 18.4 Å². The van der Waals surface area contributed by atoms with E-state index in [9.17, 15) is 4.79 Å². The van der Waals surface area contributed by atoms with Gasteiger partial charge in [-0.2, -0.15) is 5.10 Å². The van der Waals surface area contributed by atoms with Gasteiger partial charge < -0.3 is 9.64 Å². The molecule has 124 valence electrons. The summed E-state index contributed by atoms with van der Waals surface area (Å²) in [6.45, 7) is 8.52. The lowest BCUT2D eigenvalue weighted by Gasteiger charge is -2.17. The number of amides is 1. The van der Waals surface area contributed by atoms with Gasteiger partial charge in [-0.3, -0.25) is 9.48 Å². The van der Waals surface area contributed by atoms with E-state index in [1.807, 2.05) is 63.8 Å². The van der Waals surface area contributed by atoms with Crippen LogP contribution in [0.25, 0.3) is 0 Å². The largest absolute Gasteiger partial charge is 0.496 e. The van der Waals surface area contributed by atoms with Crippen molar-refractivity contribution in [3.63, 3.8) is 0 Å². The molecule has 0 spiro atoms. The smallest absolute Gasteiger partial charge is 0.257 e. The molecule has 0 aliphatic heterocycles. The van der Waals surface area contributed by atoms with E-state index in [1.54, 1.807) is 12.0 Å². The number of benzene rings is 1. The van der Waals surface area contributed by atoms with Gasteiger partial charge in [0, 0.05) is 25.8 Å². The molecule has 1 aromatic carbocycles. The van der Waals surface area contributed by atoms with Crippen molar-refractivity contribution in [2.75, 3.05) is 14.2 Å². The van der Waals surface area contributed by atoms with Gasteiger partial charge in [-0.05, 0) is 44.9 Å². The number of aryl methyl sites for hydroxylation is 2. The van der Waals surface area contributed by atoms with Gasteiger partial charge in [-0.25, -0.2) is 0 Å². The lowest BCUT2D eigenvalue weighted by Crippen LogP contribution is -2.26. The number of carbonyl (C=O) groups is 1. The lowest BCUT2D eigenvalue weighted by atomic mass is 10.1. The van der Waals surface area contributed by atoms with Gasteiger partial charge in [-0.15, -0.1) is 0 Å². The average molecular weight is 315 g/mol. The van der Waals surface area contributed by atoms with Crippen molar-refractivity contribution in [2.24, 2.45) is 0 Å². The van der Waals surface area contributed by atoms with Crippen LogP contribution in [0.15, 0.2) is 24.4 Å². The van der Waals surface area contributed by atoms with E-state index in [4.69, 9.17) is 4.74 Å². The van der Waals surface area contributed by atoms with Crippen molar-refractivity contribution in [3.05, 3.63) is 46.8 Å². The highest BCUT2D eigenvalue weighted by Gasteiger charge is 2.18. The zero-order valence-corrected chi connectivity index (χ0v) is 14.8. The summed E-state index contributed by atoms with van der Waals surface area (Å²) in [5.41, 5.74) is 3.57. The Morgan fingerprint density at radius 1 is 1.35 bits per heavy atom. The van der Waals surface area contributed by atoms with Crippen LogP contribution >= 0.6 is 0 Å². The van der Waals surface area contributed by atoms with Crippen molar-refractivity contribution in [3.8, 4) is 5.75 Å². The number of carbonyl (C=O) groups excluding carboxylic acids is 1. The molecule has 2 aromatic rings. The fraction of sp³-hybridized carbons (Fsp3) is 0.444. The summed E-state index contributed by atoms with van der Waals surface area (Å²) in [6.07, 6.45) is 1.83. The number of rotatable bonds is 5. The molecule has 0 fully saturated rings. The normalized spacial score (nSPS) is 10.9. The second-order valence-corrected chi connectivity index (χ2v) is 6.17. The van der Waals surface area contributed by atoms with Gasteiger partial charge in [0.1, 0.15) is 5.75 Å². The van der Waals surface area contributed by atoms with Gasteiger partial charge in [0.25, 0.3) is 5.91 Å². The molecule has 1 amide bonds. The minimum atomic E-state index is -0.0112. The van der Waals surface area contributed by atoms with Crippen LogP contribution < -0.4 is 4.74 Å². The number of methoxy groups -OCH3 is 1. The van der Waals surface area contributed by atoms with Crippen LogP contribution in [-0.4, -0.2) is 34.7 Å². The Labute approximate surface area is 137 Å². The maximum absolute atomic E-state index is 12.7. The molecule has 23 heavy (non-hydrogen) atoms. The van der Waals surface area contributed by atoms with Gasteiger partial charge in [-0.1, -0.05) is 12.1 Å². The number of hydrogen-bond acceptors (Lipinski definition) is 3. The van der Waals surface area contributed by atoms with Crippen LogP contribution in [0.2, 0.25) is 0 Å². The van der Waals surface area contributed by atoms with Crippen molar-refractivity contribution in [1.29, 1.82) is 0 Å². The predicted octanol–water partition coefficient (Wildman–Crippen LogP) is 3.36. The molecule has 0 saturated carbocycles. The Bertz CT molecular complexity index is 704. The monoisotopic (exact) mass is 315 g/mol. The molecule has 0 aliphatic carbocycles. The van der Waals surface area contributed by atoms with Crippen LogP contribution in [0.3, 0.4) is 0 Å². The highest BCUT2D eigenvalue weighted by atomic mass is 16.5. The maximum Gasteiger partial charge on any atom is 0.257 e. The summed E-state index contributed by atoms with van der Waals surface area (Å²) in [4.78, 5) is 14.4. The summed E-state index contributed by atoms with van der Waals surface area (Å²) in [7, 11) is 3.47. The summed E-state index contributed by atoms with van der Waals surface area (Å²) in [5, 5.41) is 4.41. The van der Waals surface area contributed by atoms with E-state index in [1.165, 1.54) is 0 Å². The molecule has 0 bridgehead atoms. The third kappa shape index (κ3) is 3.73. The molecule has 1 aromatic heterocycles. The van der Waals surface area contributed by atoms with Crippen molar-refractivity contribution in [2.45, 2.75) is 40.3 Å². The van der Waals surface area contributed by atoms with Gasteiger partial charge >= 0.3 is 0 Å². The summed E-state index contributed by atoms with van der Waals surface area (Å²) in [5.74, 6) is 0.847. The van der Waals surface area contributed by atoms with E-state index in [2.05, 4.69) is 5.10 Å². The zero-order valence-electron chi connectivity index (χ0n) is 14.8. The zero-order chi connectivity index (χ0) is 17.1. The molecule has 5 heteroatoms.